The van der Waals surface area contributed by atoms with Gasteiger partial charge in [-0.15, -0.1) is 0 Å². The molecule has 2 aliphatic rings. The standard InChI is InChI=1S/C13H24O3/c1-13(2,3)16-12(15)11-8-4-5-9(11)7-10(14)6-8/h8-12,14-15H,4-7H2,1-3H3. The van der Waals surface area contributed by atoms with Crippen LogP contribution in [0.4, 0.5) is 0 Å². The summed E-state index contributed by atoms with van der Waals surface area (Å²) in [5.41, 5.74) is -0.297. The molecular formula is C13H24O3. The number of rotatable bonds is 2. The van der Waals surface area contributed by atoms with Crippen molar-refractivity contribution in [1.29, 1.82) is 0 Å². The molecule has 0 heterocycles. The van der Waals surface area contributed by atoms with Gasteiger partial charge >= 0.3 is 0 Å². The molecule has 2 N–H and O–H groups in total. The van der Waals surface area contributed by atoms with Gasteiger partial charge in [-0.1, -0.05) is 0 Å². The highest BCUT2D eigenvalue weighted by atomic mass is 16.6. The van der Waals surface area contributed by atoms with Crippen molar-refractivity contribution in [3.8, 4) is 0 Å². The molecule has 3 heteroatoms. The lowest BCUT2D eigenvalue weighted by molar-refractivity contribution is -0.211. The molecule has 2 saturated carbocycles. The number of ether oxygens (including phenoxy) is 1. The molecule has 2 bridgehead atoms. The molecule has 94 valence electrons. The van der Waals surface area contributed by atoms with E-state index >= 15 is 0 Å². The Bertz CT molecular complexity index is 232. The van der Waals surface area contributed by atoms with Gasteiger partial charge in [-0.05, 0) is 58.3 Å². The van der Waals surface area contributed by atoms with E-state index in [1.165, 1.54) is 0 Å². The lowest BCUT2D eigenvalue weighted by Crippen LogP contribution is -2.41. The zero-order valence-corrected chi connectivity index (χ0v) is 10.5. The summed E-state index contributed by atoms with van der Waals surface area (Å²) in [6, 6.07) is 0. The first kappa shape index (κ1) is 12.3. The molecule has 0 aliphatic heterocycles. The van der Waals surface area contributed by atoms with Crippen molar-refractivity contribution in [1.82, 2.24) is 0 Å². The zero-order valence-electron chi connectivity index (χ0n) is 10.5. The van der Waals surface area contributed by atoms with E-state index in [-0.39, 0.29) is 17.6 Å². The van der Waals surface area contributed by atoms with Crippen LogP contribution in [-0.2, 0) is 4.74 Å². The molecule has 3 unspecified atom stereocenters. The molecule has 0 aromatic carbocycles. The van der Waals surface area contributed by atoms with Crippen LogP contribution in [0.1, 0.15) is 46.5 Å². The van der Waals surface area contributed by atoms with Crippen LogP contribution in [0.2, 0.25) is 0 Å². The number of fused-ring (bicyclic) bond motifs is 2. The largest absolute Gasteiger partial charge is 0.393 e. The van der Waals surface area contributed by atoms with Crippen molar-refractivity contribution in [2.24, 2.45) is 17.8 Å². The summed E-state index contributed by atoms with van der Waals surface area (Å²) in [5.74, 6) is 1.14. The van der Waals surface area contributed by atoms with Crippen LogP contribution >= 0.6 is 0 Å². The average Bonchev–Trinajstić information content (AvgIpc) is 2.36. The van der Waals surface area contributed by atoms with E-state index in [0.717, 1.165) is 25.7 Å². The topological polar surface area (TPSA) is 49.7 Å². The van der Waals surface area contributed by atoms with Crippen molar-refractivity contribution in [2.45, 2.75) is 64.4 Å². The van der Waals surface area contributed by atoms with E-state index in [0.29, 0.717) is 11.8 Å². The molecule has 16 heavy (non-hydrogen) atoms. The molecule has 2 aliphatic carbocycles. The summed E-state index contributed by atoms with van der Waals surface area (Å²) >= 11 is 0. The molecule has 3 nitrogen and oxygen atoms in total. The Morgan fingerprint density at radius 3 is 2.06 bits per heavy atom. The number of aliphatic hydroxyl groups excluding tert-OH is 2. The Morgan fingerprint density at radius 1 is 1.12 bits per heavy atom. The Labute approximate surface area is 97.8 Å². The summed E-state index contributed by atoms with van der Waals surface area (Å²) in [4.78, 5) is 0. The highest BCUT2D eigenvalue weighted by Crippen LogP contribution is 2.48. The Kier molecular flexibility index (Phi) is 3.30. The molecule has 0 saturated heterocycles. The third kappa shape index (κ3) is 2.58. The smallest absolute Gasteiger partial charge is 0.158 e. The summed E-state index contributed by atoms with van der Waals surface area (Å²) in [6.45, 7) is 5.90. The van der Waals surface area contributed by atoms with Crippen molar-refractivity contribution in [3.05, 3.63) is 0 Å². The predicted octanol–water partition coefficient (Wildman–Crippen LogP) is 1.92. The normalized spacial score (nSPS) is 41.1. The second kappa shape index (κ2) is 4.28. The molecule has 0 spiro atoms. The maximum atomic E-state index is 10.2. The second-order valence-electron chi connectivity index (χ2n) is 6.42. The van der Waals surface area contributed by atoms with Crippen LogP contribution < -0.4 is 0 Å². The van der Waals surface area contributed by atoms with Crippen LogP contribution in [0.25, 0.3) is 0 Å². The van der Waals surface area contributed by atoms with Crippen LogP contribution in [0.3, 0.4) is 0 Å². The summed E-state index contributed by atoms with van der Waals surface area (Å²) in [5, 5.41) is 19.9. The first-order chi connectivity index (χ1) is 7.37. The Hall–Kier alpha value is -0.120. The lowest BCUT2D eigenvalue weighted by Gasteiger charge is -2.38. The predicted molar refractivity (Wildman–Crippen MR) is 61.8 cm³/mol. The maximum Gasteiger partial charge on any atom is 0.158 e. The van der Waals surface area contributed by atoms with Crippen LogP contribution in [0.5, 0.6) is 0 Å². The number of hydrogen-bond donors (Lipinski definition) is 2. The molecule has 3 atom stereocenters. The van der Waals surface area contributed by atoms with Crippen molar-refractivity contribution in [2.75, 3.05) is 0 Å². The number of aliphatic hydroxyl groups is 2. The van der Waals surface area contributed by atoms with Gasteiger partial charge in [-0.2, -0.15) is 0 Å². The van der Waals surface area contributed by atoms with Crippen molar-refractivity contribution >= 4 is 0 Å². The van der Waals surface area contributed by atoms with E-state index in [1.807, 2.05) is 20.8 Å². The molecule has 0 radical (unpaired) electrons. The summed E-state index contributed by atoms with van der Waals surface area (Å²) < 4.78 is 5.67. The number of hydrogen-bond acceptors (Lipinski definition) is 3. The fourth-order valence-electron chi connectivity index (χ4n) is 3.45. The first-order valence-corrected chi connectivity index (χ1v) is 6.41. The van der Waals surface area contributed by atoms with Gasteiger partial charge in [0.2, 0.25) is 0 Å². The molecular weight excluding hydrogens is 204 g/mol. The van der Waals surface area contributed by atoms with E-state index in [4.69, 9.17) is 4.74 Å². The highest BCUT2D eigenvalue weighted by Gasteiger charge is 2.46. The van der Waals surface area contributed by atoms with Crippen molar-refractivity contribution < 1.29 is 14.9 Å². The van der Waals surface area contributed by atoms with Crippen LogP contribution in [0.15, 0.2) is 0 Å². The van der Waals surface area contributed by atoms with Gasteiger partial charge in [0.15, 0.2) is 6.29 Å². The molecule has 2 rings (SSSR count). The van der Waals surface area contributed by atoms with Gasteiger partial charge in [0, 0.05) is 5.92 Å². The SMILES string of the molecule is CC(C)(C)OC(O)C1C2CCC1CC(O)C2. The van der Waals surface area contributed by atoms with E-state index < -0.39 is 6.29 Å². The monoisotopic (exact) mass is 228 g/mol. The van der Waals surface area contributed by atoms with Gasteiger partial charge in [0.1, 0.15) is 0 Å². The third-order valence-corrected chi connectivity index (χ3v) is 3.95. The lowest BCUT2D eigenvalue weighted by atomic mass is 9.76. The second-order valence-corrected chi connectivity index (χ2v) is 6.42. The van der Waals surface area contributed by atoms with E-state index in [2.05, 4.69) is 0 Å². The first-order valence-electron chi connectivity index (χ1n) is 6.41. The molecule has 2 fully saturated rings. The highest BCUT2D eigenvalue weighted by molar-refractivity contribution is 4.93. The molecule has 0 aromatic heterocycles. The van der Waals surface area contributed by atoms with E-state index in [9.17, 15) is 10.2 Å². The van der Waals surface area contributed by atoms with Crippen LogP contribution in [-0.4, -0.2) is 28.2 Å². The minimum absolute atomic E-state index is 0.157. The summed E-state index contributed by atoms with van der Waals surface area (Å²) in [6.07, 6.45) is 3.13. The average molecular weight is 228 g/mol. The van der Waals surface area contributed by atoms with Crippen LogP contribution in [0, 0.1) is 17.8 Å². The maximum absolute atomic E-state index is 10.2. The quantitative estimate of drug-likeness (QED) is 0.710. The van der Waals surface area contributed by atoms with Gasteiger partial charge in [-0.3, -0.25) is 0 Å². The fraction of sp³-hybridized carbons (Fsp3) is 1.00. The molecule has 0 aromatic rings. The Morgan fingerprint density at radius 2 is 1.62 bits per heavy atom. The van der Waals surface area contributed by atoms with E-state index in [1.54, 1.807) is 0 Å². The summed E-state index contributed by atoms with van der Waals surface area (Å²) in [7, 11) is 0. The third-order valence-electron chi connectivity index (χ3n) is 3.95. The fourth-order valence-corrected chi connectivity index (χ4v) is 3.45. The Balaban J connectivity index is 2.00. The van der Waals surface area contributed by atoms with Gasteiger partial charge in [0.25, 0.3) is 0 Å². The van der Waals surface area contributed by atoms with Gasteiger partial charge in [-0.25, -0.2) is 0 Å². The van der Waals surface area contributed by atoms with Crippen molar-refractivity contribution in [3.63, 3.8) is 0 Å². The van der Waals surface area contributed by atoms with Gasteiger partial charge < -0.3 is 14.9 Å². The molecule has 0 amide bonds. The van der Waals surface area contributed by atoms with Gasteiger partial charge in [0.05, 0.1) is 11.7 Å². The zero-order chi connectivity index (χ0) is 11.9. The minimum Gasteiger partial charge on any atom is -0.393 e. The minimum atomic E-state index is -0.662.